The van der Waals surface area contributed by atoms with Crippen molar-refractivity contribution in [2.75, 3.05) is 7.11 Å². The van der Waals surface area contributed by atoms with Crippen LogP contribution in [-0.2, 0) is 19.5 Å². The van der Waals surface area contributed by atoms with Crippen LogP contribution < -0.4 is 4.72 Å². The van der Waals surface area contributed by atoms with E-state index in [2.05, 4.69) is 28.2 Å². The highest BCUT2D eigenvalue weighted by atomic mass is 32.2. The van der Waals surface area contributed by atoms with Crippen molar-refractivity contribution >= 4 is 16.2 Å². The Labute approximate surface area is 175 Å². The number of carbonyl (C=O) groups is 1. The molecular weight excluding hydrogens is 390 g/mol. The highest BCUT2D eigenvalue weighted by Crippen LogP contribution is 2.15. The highest BCUT2D eigenvalue weighted by Gasteiger charge is 2.25. The third-order valence-corrected chi connectivity index (χ3v) is 5.91. The number of aryl methyl sites for hydroxylation is 1. The Bertz CT molecular complexity index is 804. The van der Waals surface area contributed by atoms with Crippen LogP contribution in [0.4, 0.5) is 4.79 Å². The summed E-state index contributed by atoms with van der Waals surface area (Å²) in [4.78, 5) is 11.7. The van der Waals surface area contributed by atoms with Crippen LogP contribution in [0.5, 0.6) is 0 Å². The highest BCUT2D eigenvalue weighted by molar-refractivity contribution is 7.89. The molecule has 0 bridgehead atoms. The van der Waals surface area contributed by atoms with Crippen molar-refractivity contribution in [2.24, 2.45) is 0 Å². The molecule has 0 aromatic heterocycles. The van der Waals surface area contributed by atoms with E-state index in [-0.39, 0.29) is 4.90 Å². The van der Waals surface area contributed by atoms with Gasteiger partial charge in [-0.15, -0.1) is 0 Å². The first-order chi connectivity index (χ1) is 13.6. The topological polar surface area (TPSA) is 81.7 Å². The molecule has 1 N–H and O–H groups in total. The fourth-order valence-electron chi connectivity index (χ4n) is 2.66. The third-order valence-electron chi connectivity index (χ3n) is 4.24. The summed E-state index contributed by atoms with van der Waals surface area (Å²) in [7, 11) is -2.48. The minimum atomic E-state index is -3.72. The molecule has 1 aromatic rings. The standard InChI is InChI=1S/C22H33NO5S/c1-6-7-8-9-10-11-19(28-21(24)27-5)16-17-22(3,4)23-29(25,26)20-14-12-18(2)13-15-20/h12-15,19,23H,6-11H2,1-5H3. The quantitative estimate of drug-likeness (QED) is 0.339. The average molecular weight is 424 g/mol. The number of unbranched alkanes of at least 4 members (excludes halogenated alkanes) is 4. The van der Waals surface area contributed by atoms with Crippen LogP contribution in [0.1, 0.15) is 64.9 Å². The molecule has 0 aliphatic heterocycles. The van der Waals surface area contributed by atoms with Gasteiger partial charge in [-0.25, -0.2) is 13.2 Å². The molecule has 0 aliphatic rings. The zero-order valence-electron chi connectivity index (χ0n) is 18.1. The van der Waals surface area contributed by atoms with Gasteiger partial charge in [0.25, 0.3) is 0 Å². The van der Waals surface area contributed by atoms with E-state index >= 15 is 0 Å². The van der Waals surface area contributed by atoms with Crippen molar-refractivity contribution < 1.29 is 22.7 Å². The molecular formula is C22H33NO5S. The Hall–Kier alpha value is -2.04. The smallest absolute Gasteiger partial charge is 0.438 e. The van der Waals surface area contributed by atoms with Gasteiger partial charge in [-0.3, -0.25) is 0 Å². The van der Waals surface area contributed by atoms with Crippen molar-refractivity contribution in [3.63, 3.8) is 0 Å². The van der Waals surface area contributed by atoms with Gasteiger partial charge in [0.05, 0.1) is 17.5 Å². The van der Waals surface area contributed by atoms with Gasteiger partial charge in [-0.1, -0.05) is 62.1 Å². The molecule has 0 heterocycles. The maximum Gasteiger partial charge on any atom is 0.509 e. The molecule has 1 unspecified atom stereocenters. The van der Waals surface area contributed by atoms with E-state index in [4.69, 9.17) is 4.74 Å². The molecule has 1 aromatic carbocycles. The molecule has 162 valence electrons. The van der Waals surface area contributed by atoms with Crippen molar-refractivity contribution in [2.45, 2.75) is 82.8 Å². The van der Waals surface area contributed by atoms with Crippen molar-refractivity contribution in [3.8, 4) is 11.8 Å². The predicted molar refractivity (Wildman–Crippen MR) is 114 cm³/mol. The number of carbonyl (C=O) groups excluding carboxylic acids is 1. The zero-order valence-corrected chi connectivity index (χ0v) is 18.9. The van der Waals surface area contributed by atoms with Crippen LogP contribution in [-0.4, -0.2) is 33.3 Å². The molecule has 29 heavy (non-hydrogen) atoms. The van der Waals surface area contributed by atoms with Crippen molar-refractivity contribution in [1.82, 2.24) is 4.72 Å². The number of rotatable bonds is 10. The van der Waals surface area contributed by atoms with Crippen LogP contribution in [0.15, 0.2) is 29.2 Å². The second-order valence-electron chi connectivity index (χ2n) is 7.58. The van der Waals surface area contributed by atoms with E-state index in [1.54, 1.807) is 38.1 Å². The van der Waals surface area contributed by atoms with Gasteiger partial charge in [0, 0.05) is 0 Å². The predicted octanol–water partition coefficient (Wildman–Crippen LogP) is 4.57. The molecule has 0 aliphatic carbocycles. The van der Waals surface area contributed by atoms with E-state index in [1.165, 1.54) is 13.5 Å². The molecule has 0 fully saturated rings. The number of sulfonamides is 1. The van der Waals surface area contributed by atoms with Gasteiger partial charge in [-0.2, -0.15) is 4.72 Å². The van der Waals surface area contributed by atoms with Crippen LogP contribution in [0, 0.1) is 18.8 Å². The van der Waals surface area contributed by atoms with E-state index in [0.717, 1.165) is 31.2 Å². The van der Waals surface area contributed by atoms with E-state index < -0.39 is 27.8 Å². The van der Waals surface area contributed by atoms with Gasteiger partial charge in [-0.05, 0) is 45.7 Å². The number of hydrogen-bond acceptors (Lipinski definition) is 5. The summed E-state index contributed by atoms with van der Waals surface area (Å²) in [6, 6.07) is 6.60. The lowest BCUT2D eigenvalue weighted by molar-refractivity contribution is 0.0520. The summed E-state index contributed by atoms with van der Waals surface area (Å²) in [5.74, 6) is 5.80. The molecule has 1 rings (SSSR count). The molecule has 0 spiro atoms. The van der Waals surface area contributed by atoms with Gasteiger partial charge in [0.1, 0.15) is 0 Å². The molecule has 7 heteroatoms. The Morgan fingerprint density at radius 1 is 1.14 bits per heavy atom. The number of hydrogen-bond donors (Lipinski definition) is 1. The Kier molecular flexibility index (Phi) is 10.2. The molecule has 1 atom stereocenters. The average Bonchev–Trinajstić information content (AvgIpc) is 2.65. The number of nitrogens with one attached hydrogen (secondary N) is 1. The molecule has 0 saturated carbocycles. The van der Waals surface area contributed by atoms with E-state index in [0.29, 0.717) is 6.42 Å². The van der Waals surface area contributed by atoms with Gasteiger partial charge in [0.2, 0.25) is 10.0 Å². The lowest BCUT2D eigenvalue weighted by Gasteiger charge is -2.20. The SMILES string of the molecule is CCCCCCCC(C#CC(C)(C)NS(=O)(=O)c1ccc(C)cc1)OC(=O)OC. The number of benzene rings is 1. The third kappa shape index (κ3) is 9.82. The van der Waals surface area contributed by atoms with Gasteiger partial charge < -0.3 is 9.47 Å². The zero-order chi connectivity index (χ0) is 21.9. The Morgan fingerprint density at radius 2 is 1.76 bits per heavy atom. The minimum Gasteiger partial charge on any atom is -0.438 e. The van der Waals surface area contributed by atoms with Crippen LogP contribution in [0.25, 0.3) is 0 Å². The van der Waals surface area contributed by atoms with Crippen LogP contribution in [0.3, 0.4) is 0 Å². The summed E-state index contributed by atoms with van der Waals surface area (Å²) in [5.41, 5.74) is -0.0614. The molecule has 0 amide bonds. The fourth-order valence-corrected chi connectivity index (χ4v) is 3.99. The Balaban J connectivity index is 2.84. The number of ether oxygens (including phenoxy) is 2. The van der Waals surface area contributed by atoms with Gasteiger partial charge >= 0.3 is 6.16 Å². The first-order valence-electron chi connectivity index (χ1n) is 9.97. The summed E-state index contributed by atoms with van der Waals surface area (Å²) >= 11 is 0. The normalized spacial score (nSPS) is 12.6. The van der Waals surface area contributed by atoms with E-state index in [1.807, 2.05) is 6.92 Å². The summed E-state index contributed by atoms with van der Waals surface area (Å²) in [5, 5.41) is 0. The first-order valence-corrected chi connectivity index (χ1v) is 11.5. The van der Waals surface area contributed by atoms with Crippen LogP contribution in [0.2, 0.25) is 0 Å². The largest absolute Gasteiger partial charge is 0.509 e. The fraction of sp³-hybridized carbons (Fsp3) is 0.591. The molecule has 6 nitrogen and oxygen atoms in total. The van der Waals surface area contributed by atoms with Gasteiger partial charge in [0.15, 0.2) is 6.10 Å². The lowest BCUT2D eigenvalue weighted by atomic mass is 10.1. The van der Waals surface area contributed by atoms with Crippen molar-refractivity contribution in [1.29, 1.82) is 0 Å². The maximum absolute atomic E-state index is 12.6. The number of methoxy groups -OCH3 is 1. The monoisotopic (exact) mass is 423 g/mol. The lowest BCUT2D eigenvalue weighted by Crippen LogP contribution is -2.42. The second kappa shape index (κ2) is 11.8. The second-order valence-corrected chi connectivity index (χ2v) is 9.26. The summed E-state index contributed by atoms with van der Waals surface area (Å²) in [6.45, 7) is 7.38. The van der Waals surface area contributed by atoms with E-state index in [9.17, 15) is 13.2 Å². The molecule has 0 radical (unpaired) electrons. The van der Waals surface area contributed by atoms with Crippen molar-refractivity contribution in [3.05, 3.63) is 29.8 Å². The molecule has 0 saturated heterocycles. The first kappa shape index (κ1) is 25.0. The van der Waals surface area contributed by atoms with Crippen LogP contribution >= 0.6 is 0 Å². The summed E-state index contributed by atoms with van der Waals surface area (Å²) in [6.07, 6.45) is 4.47. The summed E-state index contributed by atoms with van der Waals surface area (Å²) < 4.78 is 37.6. The Morgan fingerprint density at radius 3 is 2.34 bits per heavy atom. The minimum absolute atomic E-state index is 0.177. The maximum atomic E-state index is 12.6.